The number of aromatic amines is 1. The van der Waals surface area contributed by atoms with E-state index in [2.05, 4.69) is 24.1 Å². The van der Waals surface area contributed by atoms with Gasteiger partial charge in [0, 0.05) is 24.2 Å². The molecule has 1 aromatic heterocycles. The van der Waals surface area contributed by atoms with Gasteiger partial charge < -0.3 is 15.0 Å². The maximum atomic E-state index is 12.6. The van der Waals surface area contributed by atoms with Crippen molar-refractivity contribution in [2.45, 2.75) is 40.0 Å². The third-order valence-corrected chi connectivity index (χ3v) is 4.99. The number of nitrogens with one attached hydrogen (secondary N) is 2. The second-order valence-corrected chi connectivity index (χ2v) is 7.77. The summed E-state index contributed by atoms with van der Waals surface area (Å²) in [4.78, 5) is 28.2. The highest BCUT2D eigenvalue weighted by Gasteiger charge is 2.35. The summed E-state index contributed by atoms with van der Waals surface area (Å²) in [5.74, 6) is 0.788. The fourth-order valence-electron chi connectivity index (χ4n) is 3.66. The van der Waals surface area contributed by atoms with Crippen molar-refractivity contribution in [3.05, 3.63) is 52.3 Å². The van der Waals surface area contributed by atoms with Gasteiger partial charge in [-0.05, 0) is 48.4 Å². The summed E-state index contributed by atoms with van der Waals surface area (Å²) in [7, 11) is 1.64. The Balaban J connectivity index is 1.66. The van der Waals surface area contributed by atoms with E-state index in [0.29, 0.717) is 24.2 Å². The van der Waals surface area contributed by atoms with Crippen molar-refractivity contribution in [2.75, 3.05) is 13.7 Å². The Bertz CT molecular complexity index is 832. The number of amides is 1. The minimum absolute atomic E-state index is 0.0660. The summed E-state index contributed by atoms with van der Waals surface area (Å²) in [6.07, 6.45) is 2.05. The van der Waals surface area contributed by atoms with Gasteiger partial charge in [-0.15, -0.1) is 0 Å². The quantitative estimate of drug-likeness (QED) is 0.864. The first kappa shape index (κ1) is 18.2. The number of Topliss-reactive ketones (excluding diaryl/α,β-unsaturated/α-hetero) is 1. The van der Waals surface area contributed by atoms with Gasteiger partial charge in [0.2, 0.25) is 0 Å². The van der Waals surface area contributed by atoms with Crippen LogP contribution in [0.1, 0.15) is 57.9 Å². The molecular weight excluding hydrogens is 328 g/mol. The van der Waals surface area contributed by atoms with Gasteiger partial charge in [0.1, 0.15) is 11.4 Å². The number of carbonyl (C=O) groups is 2. The van der Waals surface area contributed by atoms with E-state index in [4.69, 9.17) is 4.74 Å². The third-order valence-electron chi connectivity index (χ3n) is 4.99. The van der Waals surface area contributed by atoms with Crippen LogP contribution in [0.5, 0.6) is 5.75 Å². The van der Waals surface area contributed by atoms with Gasteiger partial charge in [-0.3, -0.25) is 9.59 Å². The molecule has 0 saturated heterocycles. The fraction of sp³-hybridized carbons (Fsp3) is 0.429. The van der Waals surface area contributed by atoms with Crippen LogP contribution in [-0.4, -0.2) is 30.3 Å². The number of fused-ring (bicyclic) bond motifs is 1. The number of benzene rings is 1. The number of hydrogen-bond donors (Lipinski definition) is 2. The molecule has 2 N–H and O–H groups in total. The van der Waals surface area contributed by atoms with E-state index in [1.165, 1.54) is 0 Å². The van der Waals surface area contributed by atoms with Crippen LogP contribution < -0.4 is 10.1 Å². The largest absolute Gasteiger partial charge is 0.497 e. The molecule has 0 atom stereocenters. The van der Waals surface area contributed by atoms with Crippen LogP contribution in [0.2, 0.25) is 0 Å². The van der Waals surface area contributed by atoms with Crippen molar-refractivity contribution < 1.29 is 14.3 Å². The molecule has 0 fully saturated rings. The number of ether oxygens (including phenoxy) is 1. The number of carbonyl (C=O) groups excluding carboxylic acids is 2. The lowest BCUT2D eigenvalue weighted by molar-refractivity contribution is 0.0909. The van der Waals surface area contributed by atoms with Crippen LogP contribution in [0, 0.1) is 12.3 Å². The van der Waals surface area contributed by atoms with Crippen LogP contribution in [-0.2, 0) is 12.8 Å². The van der Waals surface area contributed by atoms with Crippen molar-refractivity contribution in [2.24, 2.45) is 5.41 Å². The molecular formula is C21H26N2O3. The molecule has 0 bridgehead atoms. The Kier molecular flexibility index (Phi) is 4.90. The average molecular weight is 354 g/mol. The molecule has 5 nitrogen and oxygen atoms in total. The van der Waals surface area contributed by atoms with E-state index in [9.17, 15) is 9.59 Å². The molecule has 3 rings (SSSR count). The maximum Gasteiger partial charge on any atom is 0.268 e. The van der Waals surface area contributed by atoms with Crippen LogP contribution in [0.3, 0.4) is 0 Å². The van der Waals surface area contributed by atoms with Gasteiger partial charge in [0.15, 0.2) is 5.78 Å². The first-order valence-corrected chi connectivity index (χ1v) is 8.96. The van der Waals surface area contributed by atoms with E-state index < -0.39 is 0 Å². The van der Waals surface area contributed by atoms with E-state index >= 15 is 0 Å². The number of ketones is 1. The van der Waals surface area contributed by atoms with Gasteiger partial charge in [-0.2, -0.15) is 0 Å². The average Bonchev–Trinajstić information content (AvgIpc) is 2.90. The first-order chi connectivity index (χ1) is 12.3. The molecule has 0 saturated carbocycles. The monoisotopic (exact) mass is 354 g/mol. The summed E-state index contributed by atoms with van der Waals surface area (Å²) in [5.41, 5.74) is 3.95. The molecule has 1 heterocycles. The zero-order valence-corrected chi connectivity index (χ0v) is 15.9. The van der Waals surface area contributed by atoms with Crippen LogP contribution >= 0.6 is 0 Å². The highest BCUT2D eigenvalue weighted by molar-refractivity contribution is 6.04. The second kappa shape index (κ2) is 6.98. The Morgan fingerprint density at radius 3 is 2.58 bits per heavy atom. The van der Waals surface area contributed by atoms with Crippen molar-refractivity contribution in [3.63, 3.8) is 0 Å². The number of rotatable bonds is 5. The van der Waals surface area contributed by atoms with Crippen molar-refractivity contribution >= 4 is 11.7 Å². The molecule has 2 aromatic rings. The highest BCUT2D eigenvalue weighted by Crippen LogP contribution is 2.36. The molecule has 5 heteroatoms. The van der Waals surface area contributed by atoms with E-state index in [0.717, 1.165) is 35.4 Å². The number of hydrogen-bond acceptors (Lipinski definition) is 3. The lowest BCUT2D eigenvalue weighted by Crippen LogP contribution is -2.26. The van der Waals surface area contributed by atoms with E-state index in [-0.39, 0.29) is 17.1 Å². The Morgan fingerprint density at radius 2 is 1.92 bits per heavy atom. The Labute approximate surface area is 154 Å². The zero-order valence-electron chi connectivity index (χ0n) is 15.9. The number of aromatic nitrogens is 1. The fourth-order valence-corrected chi connectivity index (χ4v) is 3.66. The summed E-state index contributed by atoms with van der Waals surface area (Å²) in [6, 6.07) is 7.80. The normalized spacial score (nSPS) is 15.5. The van der Waals surface area contributed by atoms with E-state index in [1.54, 1.807) is 7.11 Å². The minimum Gasteiger partial charge on any atom is -0.497 e. The number of methoxy groups -OCH3 is 1. The molecule has 0 aliphatic heterocycles. The van der Waals surface area contributed by atoms with Gasteiger partial charge in [-0.25, -0.2) is 0 Å². The smallest absolute Gasteiger partial charge is 0.268 e. The van der Waals surface area contributed by atoms with Gasteiger partial charge in [0.25, 0.3) is 5.91 Å². The van der Waals surface area contributed by atoms with Crippen molar-refractivity contribution in [1.82, 2.24) is 10.3 Å². The zero-order chi connectivity index (χ0) is 18.9. The highest BCUT2D eigenvalue weighted by atomic mass is 16.5. The van der Waals surface area contributed by atoms with Crippen LogP contribution in [0.4, 0.5) is 0 Å². The van der Waals surface area contributed by atoms with Crippen molar-refractivity contribution in [1.29, 1.82) is 0 Å². The molecule has 1 aliphatic carbocycles. The Morgan fingerprint density at radius 1 is 1.23 bits per heavy atom. The predicted octanol–water partition coefficient (Wildman–Crippen LogP) is 3.46. The lowest BCUT2D eigenvalue weighted by Gasteiger charge is -2.28. The van der Waals surface area contributed by atoms with Gasteiger partial charge in [-0.1, -0.05) is 26.0 Å². The molecule has 1 amide bonds. The van der Waals surface area contributed by atoms with Gasteiger partial charge in [0.05, 0.1) is 7.11 Å². The molecule has 1 aliphatic rings. The van der Waals surface area contributed by atoms with Crippen LogP contribution in [0.25, 0.3) is 0 Å². The summed E-state index contributed by atoms with van der Waals surface area (Å²) >= 11 is 0. The maximum absolute atomic E-state index is 12.6. The molecule has 138 valence electrons. The summed E-state index contributed by atoms with van der Waals surface area (Å²) in [5, 5.41) is 2.95. The molecule has 0 unspecified atom stereocenters. The first-order valence-electron chi connectivity index (χ1n) is 8.96. The lowest BCUT2D eigenvalue weighted by atomic mass is 9.75. The SMILES string of the molecule is COc1ccc(CCNC(=O)c2[nH]c3c(c2C)C(=O)CC(C)(C)C3)cc1. The predicted molar refractivity (Wildman–Crippen MR) is 101 cm³/mol. The summed E-state index contributed by atoms with van der Waals surface area (Å²) in [6.45, 7) is 6.55. The third kappa shape index (κ3) is 3.66. The van der Waals surface area contributed by atoms with Crippen LogP contribution in [0.15, 0.2) is 24.3 Å². The van der Waals surface area contributed by atoms with Gasteiger partial charge >= 0.3 is 0 Å². The standard InChI is InChI=1S/C21H26N2O3/c1-13-18-16(11-21(2,3)12-17(18)24)23-19(13)20(25)22-10-9-14-5-7-15(26-4)8-6-14/h5-8,23H,9-12H2,1-4H3,(H,22,25). The Hall–Kier alpha value is -2.56. The molecule has 0 spiro atoms. The summed E-state index contributed by atoms with van der Waals surface area (Å²) < 4.78 is 5.14. The number of H-pyrrole nitrogens is 1. The topological polar surface area (TPSA) is 71.2 Å². The molecule has 1 aromatic carbocycles. The molecule has 26 heavy (non-hydrogen) atoms. The second-order valence-electron chi connectivity index (χ2n) is 7.77. The van der Waals surface area contributed by atoms with E-state index in [1.807, 2.05) is 31.2 Å². The molecule has 0 radical (unpaired) electrons. The minimum atomic E-state index is -0.156. The van der Waals surface area contributed by atoms with Crippen molar-refractivity contribution in [3.8, 4) is 5.75 Å².